The number of rotatable bonds is 6. The van der Waals surface area contributed by atoms with Crippen molar-refractivity contribution in [1.82, 2.24) is 14.9 Å². The van der Waals surface area contributed by atoms with Crippen molar-refractivity contribution in [2.24, 2.45) is 5.92 Å². The Bertz CT molecular complexity index is 727. The molecular weight excluding hydrogens is 334 g/mol. The van der Waals surface area contributed by atoms with Gasteiger partial charge in [-0.05, 0) is 32.4 Å². The zero-order valence-electron chi connectivity index (χ0n) is 14.9. The van der Waals surface area contributed by atoms with Gasteiger partial charge in [0.15, 0.2) is 0 Å². The van der Waals surface area contributed by atoms with Crippen molar-refractivity contribution < 1.29 is 9.47 Å². The Labute approximate surface area is 153 Å². The van der Waals surface area contributed by atoms with E-state index >= 15 is 0 Å². The Morgan fingerprint density at radius 3 is 3.00 bits per heavy atom. The molecule has 0 aromatic carbocycles. The van der Waals surface area contributed by atoms with Crippen molar-refractivity contribution in [3.63, 3.8) is 0 Å². The summed E-state index contributed by atoms with van der Waals surface area (Å²) in [4.78, 5) is 12.7. The van der Waals surface area contributed by atoms with Gasteiger partial charge in [-0.15, -0.1) is 11.3 Å². The standard InChI is InChI=1S/C19H25N3O2S/c1-14-4-3-5-17(21-14)10-23-9-16-6-7-24-19(16)11-22(12-19)8-18-15(2)20-13-25-18/h3-5,13,16H,6-12H2,1-2H3/t16-/m0/s1. The van der Waals surface area contributed by atoms with Crippen LogP contribution in [0.25, 0.3) is 0 Å². The lowest BCUT2D eigenvalue weighted by molar-refractivity contribution is -0.146. The molecule has 2 aliphatic heterocycles. The van der Waals surface area contributed by atoms with Gasteiger partial charge in [-0.25, -0.2) is 4.98 Å². The molecule has 25 heavy (non-hydrogen) atoms. The van der Waals surface area contributed by atoms with Gasteiger partial charge in [0.05, 0.1) is 35.7 Å². The van der Waals surface area contributed by atoms with E-state index in [1.165, 1.54) is 4.88 Å². The molecule has 0 N–H and O–H groups in total. The summed E-state index contributed by atoms with van der Waals surface area (Å²) in [5.41, 5.74) is 5.13. The minimum atomic E-state index is -0.00136. The Hall–Kier alpha value is -1.34. The van der Waals surface area contributed by atoms with Crippen LogP contribution in [0.5, 0.6) is 0 Å². The molecule has 4 rings (SSSR count). The van der Waals surface area contributed by atoms with Crippen LogP contribution in [-0.4, -0.2) is 46.8 Å². The van der Waals surface area contributed by atoms with E-state index in [2.05, 4.69) is 21.8 Å². The summed E-state index contributed by atoms with van der Waals surface area (Å²) >= 11 is 1.75. The number of aryl methyl sites for hydroxylation is 2. The number of thiazole rings is 1. The fraction of sp³-hybridized carbons (Fsp3) is 0.579. The van der Waals surface area contributed by atoms with E-state index < -0.39 is 0 Å². The van der Waals surface area contributed by atoms with Gasteiger partial charge in [0.2, 0.25) is 0 Å². The fourth-order valence-electron chi connectivity index (χ4n) is 3.86. The molecule has 0 amide bonds. The molecular formula is C19H25N3O2S. The van der Waals surface area contributed by atoms with E-state index in [-0.39, 0.29) is 5.60 Å². The van der Waals surface area contributed by atoms with Crippen LogP contribution in [0.1, 0.15) is 28.4 Å². The summed E-state index contributed by atoms with van der Waals surface area (Å²) in [6, 6.07) is 6.07. The molecule has 2 saturated heterocycles. The van der Waals surface area contributed by atoms with Crippen molar-refractivity contribution in [2.75, 3.05) is 26.3 Å². The van der Waals surface area contributed by atoms with Crippen LogP contribution in [0.3, 0.4) is 0 Å². The van der Waals surface area contributed by atoms with Gasteiger partial charge < -0.3 is 9.47 Å². The summed E-state index contributed by atoms with van der Waals surface area (Å²) < 4.78 is 12.1. The van der Waals surface area contributed by atoms with Crippen molar-refractivity contribution in [2.45, 2.75) is 39.0 Å². The molecule has 2 aromatic rings. The number of hydrogen-bond donors (Lipinski definition) is 0. The highest BCUT2D eigenvalue weighted by molar-refractivity contribution is 7.09. The lowest BCUT2D eigenvalue weighted by Gasteiger charge is -2.50. The first-order valence-corrected chi connectivity index (χ1v) is 9.78. The van der Waals surface area contributed by atoms with Crippen LogP contribution in [0.4, 0.5) is 0 Å². The Kier molecular flexibility index (Phi) is 4.86. The van der Waals surface area contributed by atoms with E-state index in [1.54, 1.807) is 11.3 Å². The Balaban J connectivity index is 1.27. The van der Waals surface area contributed by atoms with Crippen molar-refractivity contribution in [1.29, 1.82) is 0 Å². The third kappa shape index (κ3) is 3.62. The van der Waals surface area contributed by atoms with Crippen molar-refractivity contribution in [3.8, 4) is 0 Å². The zero-order valence-corrected chi connectivity index (χ0v) is 15.7. The Morgan fingerprint density at radius 1 is 1.36 bits per heavy atom. The number of likely N-dealkylation sites (tertiary alicyclic amines) is 1. The summed E-state index contributed by atoms with van der Waals surface area (Å²) in [5, 5.41) is 0. The van der Waals surface area contributed by atoms with Gasteiger partial charge in [0, 0.05) is 42.7 Å². The van der Waals surface area contributed by atoms with E-state index in [9.17, 15) is 0 Å². The SMILES string of the molecule is Cc1cccc(COC[C@@H]2CCOC23CN(Cc2scnc2C)C3)n1. The monoisotopic (exact) mass is 359 g/mol. The molecule has 5 nitrogen and oxygen atoms in total. The van der Waals surface area contributed by atoms with Gasteiger partial charge in [0.1, 0.15) is 0 Å². The molecule has 134 valence electrons. The van der Waals surface area contributed by atoms with Gasteiger partial charge in [-0.2, -0.15) is 0 Å². The molecule has 4 heterocycles. The molecule has 2 aromatic heterocycles. The number of ether oxygens (including phenoxy) is 2. The van der Waals surface area contributed by atoms with Crippen LogP contribution in [0, 0.1) is 19.8 Å². The zero-order chi connectivity index (χ0) is 17.3. The average Bonchev–Trinajstić information content (AvgIpc) is 3.15. The first kappa shape index (κ1) is 17.1. The summed E-state index contributed by atoms with van der Waals surface area (Å²) in [7, 11) is 0. The van der Waals surface area contributed by atoms with Gasteiger partial charge in [-0.3, -0.25) is 9.88 Å². The number of hydrogen-bond acceptors (Lipinski definition) is 6. The van der Waals surface area contributed by atoms with Crippen LogP contribution >= 0.6 is 11.3 Å². The van der Waals surface area contributed by atoms with E-state index in [0.717, 1.165) is 56.4 Å². The van der Waals surface area contributed by atoms with Gasteiger partial charge >= 0.3 is 0 Å². The lowest BCUT2D eigenvalue weighted by Crippen LogP contribution is -2.64. The third-order valence-electron chi connectivity index (χ3n) is 5.31. The molecule has 2 fully saturated rings. The largest absolute Gasteiger partial charge is 0.375 e. The molecule has 0 aliphatic carbocycles. The molecule has 0 unspecified atom stereocenters. The number of nitrogens with zero attached hydrogens (tertiary/aromatic N) is 3. The van der Waals surface area contributed by atoms with Crippen LogP contribution in [0.2, 0.25) is 0 Å². The maximum Gasteiger partial charge on any atom is 0.0985 e. The second-order valence-electron chi connectivity index (χ2n) is 7.19. The van der Waals surface area contributed by atoms with E-state index in [0.29, 0.717) is 12.5 Å². The quantitative estimate of drug-likeness (QED) is 0.794. The first-order chi connectivity index (χ1) is 12.1. The molecule has 0 bridgehead atoms. The molecule has 0 saturated carbocycles. The topological polar surface area (TPSA) is 47.5 Å². The summed E-state index contributed by atoms with van der Waals surface area (Å²) in [5.74, 6) is 0.483. The van der Waals surface area contributed by atoms with Crippen LogP contribution in [-0.2, 0) is 22.6 Å². The smallest absolute Gasteiger partial charge is 0.0985 e. The van der Waals surface area contributed by atoms with Crippen LogP contribution < -0.4 is 0 Å². The maximum atomic E-state index is 6.14. The van der Waals surface area contributed by atoms with Gasteiger partial charge in [-0.1, -0.05) is 6.07 Å². The fourth-order valence-corrected chi connectivity index (χ4v) is 4.68. The van der Waals surface area contributed by atoms with E-state index in [1.807, 2.05) is 30.6 Å². The van der Waals surface area contributed by atoms with Crippen molar-refractivity contribution in [3.05, 3.63) is 45.7 Å². The predicted molar refractivity (Wildman–Crippen MR) is 97.5 cm³/mol. The normalized spacial score (nSPS) is 22.4. The maximum absolute atomic E-state index is 6.14. The number of aromatic nitrogens is 2. The summed E-state index contributed by atoms with van der Waals surface area (Å²) in [6.45, 7) is 9.27. The van der Waals surface area contributed by atoms with Crippen LogP contribution in [0.15, 0.2) is 23.7 Å². The second kappa shape index (κ2) is 7.11. The minimum absolute atomic E-state index is 0.00136. The lowest BCUT2D eigenvalue weighted by atomic mass is 9.81. The predicted octanol–water partition coefficient (Wildman–Crippen LogP) is 2.96. The first-order valence-electron chi connectivity index (χ1n) is 8.90. The highest BCUT2D eigenvalue weighted by Crippen LogP contribution is 2.41. The third-order valence-corrected chi connectivity index (χ3v) is 6.23. The highest BCUT2D eigenvalue weighted by atomic mass is 32.1. The van der Waals surface area contributed by atoms with E-state index in [4.69, 9.17) is 9.47 Å². The molecule has 2 aliphatic rings. The van der Waals surface area contributed by atoms with Gasteiger partial charge in [0.25, 0.3) is 0 Å². The van der Waals surface area contributed by atoms with Crippen molar-refractivity contribution >= 4 is 11.3 Å². The number of pyridine rings is 1. The second-order valence-corrected chi connectivity index (χ2v) is 8.13. The molecule has 1 spiro atoms. The highest BCUT2D eigenvalue weighted by Gasteiger charge is 2.52. The molecule has 1 atom stereocenters. The summed E-state index contributed by atoms with van der Waals surface area (Å²) in [6.07, 6.45) is 1.09. The molecule has 0 radical (unpaired) electrons. The minimum Gasteiger partial charge on any atom is -0.375 e. The molecule has 6 heteroatoms. The average molecular weight is 359 g/mol. The Morgan fingerprint density at radius 2 is 2.24 bits per heavy atom.